The molecule has 0 N–H and O–H groups in total. The third-order valence-electron chi connectivity index (χ3n) is 1.61. The third-order valence-corrected chi connectivity index (χ3v) is 1.61. The summed E-state index contributed by atoms with van der Waals surface area (Å²) in [5.74, 6) is -2.73. The molecule has 0 radical (unpaired) electrons. The van der Waals surface area contributed by atoms with Gasteiger partial charge in [-0.3, -0.25) is 4.79 Å². The molecule has 1 aromatic rings. The number of methoxy groups -OCH3 is 1. The molecule has 0 amide bonds. The van der Waals surface area contributed by atoms with Crippen LogP contribution in [0.5, 0.6) is 5.75 Å². The molecule has 82 valence electrons. The van der Waals surface area contributed by atoms with Crippen LogP contribution in [0.3, 0.4) is 0 Å². The molecule has 0 atom stereocenters. The molecule has 0 aliphatic heterocycles. The van der Waals surface area contributed by atoms with Crippen LogP contribution in [-0.4, -0.2) is 26.1 Å². The highest BCUT2D eigenvalue weighted by atomic mass is 19.2. The van der Waals surface area contributed by atoms with Gasteiger partial charge in [0.1, 0.15) is 13.2 Å². The first-order valence-electron chi connectivity index (χ1n) is 4.22. The summed E-state index contributed by atoms with van der Waals surface area (Å²) in [6, 6.07) is 3.52. The van der Waals surface area contributed by atoms with Crippen LogP contribution in [0.25, 0.3) is 0 Å². The van der Waals surface area contributed by atoms with Gasteiger partial charge in [0.2, 0.25) is 5.82 Å². The van der Waals surface area contributed by atoms with Gasteiger partial charge >= 0.3 is 0 Å². The monoisotopic (exact) mass is 216 g/mol. The highest BCUT2D eigenvalue weighted by Gasteiger charge is 2.10. The molecule has 1 aromatic carbocycles. The van der Waals surface area contributed by atoms with Crippen molar-refractivity contribution in [1.29, 1.82) is 0 Å². The Bertz CT molecular complexity index is 353. The second-order valence-electron chi connectivity index (χ2n) is 2.81. The summed E-state index contributed by atoms with van der Waals surface area (Å²) in [5, 5.41) is 0. The van der Waals surface area contributed by atoms with E-state index in [1.807, 2.05) is 0 Å². The van der Waals surface area contributed by atoms with Crippen LogP contribution in [0.1, 0.15) is 0 Å². The Hall–Kier alpha value is -1.49. The number of rotatable bonds is 5. The summed E-state index contributed by atoms with van der Waals surface area (Å²) < 4.78 is 35.0. The summed E-state index contributed by atoms with van der Waals surface area (Å²) in [7, 11) is 1.36. The number of benzene rings is 1. The summed E-state index contributed by atoms with van der Waals surface area (Å²) in [5.41, 5.74) is 0. The van der Waals surface area contributed by atoms with Crippen molar-refractivity contribution in [3.05, 3.63) is 29.8 Å². The molecule has 15 heavy (non-hydrogen) atoms. The van der Waals surface area contributed by atoms with Crippen LogP contribution < -0.4 is 4.74 Å². The Balaban J connectivity index is 2.58. The van der Waals surface area contributed by atoms with E-state index in [9.17, 15) is 13.6 Å². The Morgan fingerprint density at radius 2 is 2.07 bits per heavy atom. The zero-order chi connectivity index (χ0) is 11.3. The number of Topliss-reactive ketones (excluding diaryl/α,β-unsaturated/α-hetero) is 1. The van der Waals surface area contributed by atoms with E-state index in [0.717, 1.165) is 6.07 Å². The predicted octanol–water partition coefficient (Wildman–Crippen LogP) is 1.56. The smallest absolute Gasteiger partial charge is 0.200 e. The number of carbonyl (C=O) groups is 1. The molecule has 0 spiro atoms. The van der Waals surface area contributed by atoms with E-state index in [-0.39, 0.29) is 24.7 Å². The van der Waals surface area contributed by atoms with Crippen molar-refractivity contribution >= 4 is 5.78 Å². The third kappa shape index (κ3) is 3.28. The van der Waals surface area contributed by atoms with Crippen molar-refractivity contribution in [2.45, 2.75) is 0 Å². The van der Waals surface area contributed by atoms with Gasteiger partial charge in [0.25, 0.3) is 0 Å². The first-order valence-corrected chi connectivity index (χ1v) is 4.22. The van der Waals surface area contributed by atoms with Gasteiger partial charge in [-0.25, -0.2) is 4.39 Å². The van der Waals surface area contributed by atoms with Crippen molar-refractivity contribution in [2.24, 2.45) is 0 Å². The van der Waals surface area contributed by atoms with E-state index >= 15 is 0 Å². The minimum absolute atomic E-state index is 0.114. The molecule has 0 saturated heterocycles. The minimum atomic E-state index is -1.09. The average molecular weight is 216 g/mol. The van der Waals surface area contributed by atoms with Crippen molar-refractivity contribution in [3.63, 3.8) is 0 Å². The van der Waals surface area contributed by atoms with Gasteiger partial charge in [-0.2, -0.15) is 4.39 Å². The van der Waals surface area contributed by atoms with Gasteiger partial charge in [0, 0.05) is 7.11 Å². The van der Waals surface area contributed by atoms with E-state index < -0.39 is 11.6 Å². The lowest BCUT2D eigenvalue weighted by Crippen LogP contribution is -2.16. The highest BCUT2D eigenvalue weighted by Crippen LogP contribution is 2.18. The molecule has 0 aromatic heterocycles. The molecular weight excluding hydrogens is 206 g/mol. The number of hydrogen-bond acceptors (Lipinski definition) is 3. The maximum Gasteiger partial charge on any atom is 0.200 e. The zero-order valence-electron chi connectivity index (χ0n) is 8.13. The topological polar surface area (TPSA) is 35.5 Å². The van der Waals surface area contributed by atoms with Crippen LogP contribution in [0.15, 0.2) is 18.2 Å². The number of carbonyl (C=O) groups excluding carboxylic acids is 1. The SMILES string of the molecule is COCC(=O)COc1cccc(F)c1F. The van der Waals surface area contributed by atoms with Gasteiger partial charge in [0.05, 0.1) is 0 Å². The van der Waals surface area contributed by atoms with Crippen LogP contribution in [-0.2, 0) is 9.53 Å². The fourth-order valence-corrected chi connectivity index (χ4v) is 0.956. The summed E-state index contributed by atoms with van der Waals surface area (Å²) >= 11 is 0. The molecule has 0 fully saturated rings. The summed E-state index contributed by atoms with van der Waals surface area (Å²) in [6.07, 6.45) is 0. The summed E-state index contributed by atoms with van der Waals surface area (Å²) in [4.78, 5) is 10.9. The standard InChI is InChI=1S/C10H10F2O3/c1-14-5-7(13)6-15-9-4-2-3-8(11)10(9)12/h2-4H,5-6H2,1H3. The fraction of sp³-hybridized carbons (Fsp3) is 0.300. The molecule has 0 heterocycles. The first kappa shape index (κ1) is 11.6. The molecular formula is C10H10F2O3. The number of halogens is 2. The van der Waals surface area contributed by atoms with Gasteiger partial charge in [-0.15, -0.1) is 0 Å². The van der Waals surface area contributed by atoms with E-state index in [4.69, 9.17) is 4.74 Å². The predicted molar refractivity (Wildman–Crippen MR) is 48.7 cm³/mol. The van der Waals surface area contributed by atoms with Crippen LogP contribution in [0.2, 0.25) is 0 Å². The second kappa shape index (κ2) is 5.41. The van der Waals surface area contributed by atoms with Crippen molar-refractivity contribution in [1.82, 2.24) is 0 Å². The van der Waals surface area contributed by atoms with Crippen LogP contribution in [0, 0.1) is 11.6 Å². The molecule has 0 aliphatic rings. The lowest BCUT2D eigenvalue weighted by Gasteiger charge is -2.06. The molecule has 0 unspecified atom stereocenters. The van der Waals surface area contributed by atoms with Gasteiger partial charge in [-0.1, -0.05) is 6.07 Å². The Morgan fingerprint density at radius 3 is 2.73 bits per heavy atom. The molecule has 0 aliphatic carbocycles. The number of ether oxygens (including phenoxy) is 2. The molecule has 3 nitrogen and oxygen atoms in total. The number of ketones is 1. The largest absolute Gasteiger partial charge is 0.483 e. The molecule has 5 heteroatoms. The second-order valence-corrected chi connectivity index (χ2v) is 2.81. The molecule has 0 saturated carbocycles. The van der Waals surface area contributed by atoms with E-state index in [0.29, 0.717) is 0 Å². The lowest BCUT2D eigenvalue weighted by molar-refractivity contribution is -0.124. The van der Waals surface area contributed by atoms with Crippen molar-refractivity contribution < 1.29 is 23.0 Å². The maximum atomic E-state index is 13.0. The fourth-order valence-electron chi connectivity index (χ4n) is 0.956. The van der Waals surface area contributed by atoms with Gasteiger partial charge < -0.3 is 9.47 Å². The van der Waals surface area contributed by atoms with Crippen molar-refractivity contribution in [3.8, 4) is 5.75 Å². The summed E-state index contributed by atoms with van der Waals surface area (Å²) in [6.45, 7) is -0.453. The molecule has 1 rings (SSSR count). The Morgan fingerprint density at radius 1 is 1.33 bits per heavy atom. The number of hydrogen-bond donors (Lipinski definition) is 0. The van der Waals surface area contributed by atoms with Crippen molar-refractivity contribution in [2.75, 3.05) is 20.3 Å². The Kier molecular flexibility index (Phi) is 4.17. The maximum absolute atomic E-state index is 13.0. The normalized spacial score (nSPS) is 10.1. The highest BCUT2D eigenvalue weighted by molar-refractivity contribution is 5.81. The van der Waals surface area contributed by atoms with Crippen LogP contribution in [0.4, 0.5) is 8.78 Å². The quantitative estimate of drug-likeness (QED) is 0.749. The van der Waals surface area contributed by atoms with Gasteiger partial charge in [-0.05, 0) is 12.1 Å². The van der Waals surface area contributed by atoms with E-state index in [2.05, 4.69) is 4.74 Å². The Labute approximate surface area is 85.6 Å². The van der Waals surface area contributed by atoms with Gasteiger partial charge in [0.15, 0.2) is 17.3 Å². The zero-order valence-corrected chi connectivity index (χ0v) is 8.13. The molecule has 0 bridgehead atoms. The van der Waals surface area contributed by atoms with E-state index in [1.165, 1.54) is 19.2 Å². The minimum Gasteiger partial charge on any atom is -0.483 e. The van der Waals surface area contributed by atoms with E-state index in [1.54, 1.807) is 0 Å². The van der Waals surface area contributed by atoms with Crippen LogP contribution >= 0.6 is 0 Å². The lowest BCUT2D eigenvalue weighted by atomic mass is 10.3. The average Bonchev–Trinajstić information content (AvgIpc) is 2.21. The first-order chi connectivity index (χ1) is 7.15.